The van der Waals surface area contributed by atoms with E-state index >= 15 is 0 Å². The first-order valence-electron chi connectivity index (χ1n) is 5.23. The Morgan fingerprint density at radius 2 is 2.17 bits per heavy atom. The lowest BCUT2D eigenvalue weighted by Crippen LogP contribution is -2.28. The molecule has 0 aromatic carbocycles. The van der Waals surface area contributed by atoms with Crippen molar-refractivity contribution in [3.63, 3.8) is 0 Å². The van der Waals surface area contributed by atoms with Crippen LogP contribution < -0.4 is 5.32 Å². The lowest BCUT2D eigenvalue weighted by Gasteiger charge is -2.17. The molecular weight excluding hydrogens is 271 g/mol. The number of hydrogen-bond donors (Lipinski definition) is 1. The van der Waals surface area contributed by atoms with Crippen LogP contribution in [0.4, 0.5) is 19.1 Å². The van der Waals surface area contributed by atoms with Crippen LogP contribution in [-0.4, -0.2) is 29.2 Å². The second-order valence-corrected chi connectivity index (χ2v) is 4.63. The fourth-order valence-electron chi connectivity index (χ4n) is 1.60. The second-order valence-electron chi connectivity index (χ2n) is 4.23. The molecule has 4 nitrogen and oxygen atoms in total. The highest BCUT2D eigenvalue weighted by molar-refractivity contribution is 6.31. The number of alkyl halides is 3. The summed E-state index contributed by atoms with van der Waals surface area (Å²) < 4.78 is 42.8. The van der Waals surface area contributed by atoms with E-state index in [2.05, 4.69) is 15.3 Å². The van der Waals surface area contributed by atoms with Crippen LogP contribution in [0.15, 0.2) is 6.20 Å². The van der Waals surface area contributed by atoms with Gasteiger partial charge in [-0.25, -0.2) is 9.97 Å². The zero-order valence-corrected chi connectivity index (χ0v) is 10.3. The van der Waals surface area contributed by atoms with E-state index in [-0.39, 0.29) is 11.5 Å². The summed E-state index contributed by atoms with van der Waals surface area (Å²) in [5.41, 5.74) is -1.47. The topological polar surface area (TPSA) is 47.0 Å². The predicted octanol–water partition coefficient (Wildman–Crippen LogP) is 2.74. The third-order valence-corrected chi connectivity index (χ3v) is 2.94. The Morgan fingerprint density at radius 1 is 1.50 bits per heavy atom. The minimum atomic E-state index is -4.59. The summed E-state index contributed by atoms with van der Waals surface area (Å²) >= 11 is 5.43. The molecule has 1 aromatic heterocycles. The lowest BCUT2D eigenvalue weighted by molar-refractivity contribution is -0.141. The maximum Gasteiger partial charge on any atom is 0.435 e. The Balaban J connectivity index is 2.20. The summed E-state index contributed by atoms with van der Waals surface area (Å²) in [4.78, 5) is 7.17. The van der Waals surface area contributed by atoms with E-state index in [1.807, 2.05) is 0 Å². The smallest absolute Gasteiger partial charge is 0.382 e. The van der Waals surface area contributed by atoms with Crippen molar-refractivity contribution < 1.29 is 17.9 Å². The molecule has 0 saturated heterocycles. The van der Waals surface area contributed by atoms with Gasteiger partial charge in [0.1, 0.15) is 0 Å². The van der Waals surface area contributed by atoms with Crippen LogP contribution >= 0.6 is 11.6 Å². The van der Waals surface area contributed by atoms with Gasteiger partial charge in [-0.15, -0.1) is 0 Å². The van der Waals surface area contributed by atoms with Gasteiger partial charge < -0.3 is 10.1 Å². The highest BCUT2D eigenvalue weighted by atomic mass is 35.5. The molecule has 18 heavy (non-hydrogen) atoms. The average Bonchev–Trinajstić information content (AvgIpc) is 3.00. The monoisotopic (exact) mass is 281 g/mol. The van der Waals surface area contributed by atoms with Crippen molar-refractivity contribution in [2.45, 2.75) is 24.6 Å². The third kappa shape index (κ3) is 2.84. The van der Waals surface area contributed by atoms with Gasteiger partial charge in [0.2, 0.25) is 5.95 Å². The van der Waals surface area contributed by atoms with Crippen molar-refractivity contribution in [3.8, 4) is 0 Å². The van der Waals surface area contributed by atoms with E-state index in [1.165, 1.54) is 7.11 Å². The summed E-state index contributed by atoms with van der Waals surface area (Å²) in [6.45, 7) is 0.403. The van der Waals surface area contributed by atoms with E-state index in [4.69, 9.17) is 16.3 Å². The quantitative estimate of drug-likeness (QED) is 0.922. The van der Waals surface area contributed by atoms with Crippen LogP contribution in [0.25, 0.3) is 0 Å². The number of nitrogens with zero attached hydrogens (tertiary/aromatic N) is 2. The molecular formula is C10H11ClF3N3O. The molecule has 0 unspecified atom stereocenters. The van der Waals surface area contributed by atoms with Gasteiger partial charge in [-0.1, -0.05) is 11.6 Å². The summed E-state index contributed by atoms with van der Waals surface area (Å²) in [6, 6.07) is 0. The summed E-state index contributed by atoms with van der Waals surface area (Å²) in [7, 11) is 1.53. The van der Waals surface area contributed by atoms with Gasteiger partial charge in [-0.2, -0.15) is 13.2 Å². The van der Waals surface area contributed by atoms with Gasteiger partial charge in [0, 0.05) is 7.11 Å². The van der Waals surface area contributed by atoms with Gasteiger partial charge >= 0.3 is 6.18 Å². The Hall–Kier alpha value is -1.08. The maximum atomic E-state index is 12.6. The number of nitrogens with one attached hydrogen (secondary N) is 1. The highest BCUT2D eigenvalue weighted by Crippen LogP contribution is 2.39. The SMILES string of the molecule is COCC1(Nc2ncc(Cl)c(C(F)(F)F)n2)CC1. The summed E-state index contributed by atoms with van der Waals surface area (Å²) in [5, 5.41) is 2.35. The average molecular weight is 282 g/mol. The molecule has 1 aliphatic rings. The lowest BCUT2D eigenvalue weighted by atomic mass is 10.3. The maximum absolute atomic E-state index is 12.6. The van der Waals surface area contributed by atoms with E-state index in [1.54, 1.807) is 0 Å². The molecule has 1 heterocycles. The molecule has 0 aliphatic heterocycles. The zero-order chi connectivity index (χ0) is 13.4. The minimum Gasteiger partial charge on any atom is -0.382 e. The number of aromatic nitrogens is 2. The molecule has 1 saturated carbocycles. The van der Waals surface area contributed by atoms with Crippen LogP contribution in [-0.2, 0) is 10.9 Å². The molecule has 1 aromatic rings. The highest BCUT2D eigenvalue weighted by Gasteiger charge is 2.44. The van der Waals surface area contributed by atoms with E-state index in [0.29, 0.717) is 6.61 Å². The van der Waals surface area contributed by atoms with Crippen molar-refractivity contribution in [1.29, 1.82) is 0 Å². The standard InChI is InChI=1S/C10H11ClF3N3O/c1-18-5-9(2-3-9)17-8-15-4-6(11)7(16-8)10(12,13)14/h4H,2-3,5H2,1H3,(H,15,16,17). The van der Waals surface area contributed by atoms with Crippen LogP contribution in [0.3, 0.4) is 0 Å². The number of halogens is 4. The Morgan fingerprint density at radius 3 is 2.67 bits per heavy atom. The molecule has 0 radical (unpaired) electrons. The molecule has 0 atom stereocenters. The zero-order valence-electron chi connectivity index (χ0n) is 9.51. The molecule has 0 spiro atoms. The van der Waals surface area contributed by atoms with Gasteiger partial charge in [-0.3, -0.25) is 0 Å². The summed E-state index contributed by atoms with van der Waals surface area (Å²) in [5.74, 6) is -0.0822. The van der Waals surface area contributed by atoms with E-state index < -0.39 is 16.9 Å². The van der Waals surface area contributed by atoms with E-state index in [0.717, 1.165) is 19.0 Å². The third-order valence-electron chi connectivity index (χ3n) is 2.66. The van der Waals surface area contributed by atoms with Crippen LogP contribution in [0, 0.1) is 0 Å². The first-order chi connectivity index (χ1) is 8.36. The van der Waals surface area contributed by atoms with Gasteiger partial charge in [-0.05, 0) is 12.8 Å². The predicted molar refractivity (Wildman–Crippen MR) is 59.5 cm³/mol. The first-order valence-corrected chi connectivity index (χ1v) is 5.61. The fraction of sp³-hybridized carbons (Fsp3) is 0.600. The number of ether oxygens (including phenoxy) is 1. The van der Waals surface area contributed by atoms with Gasteiger partial charge in [0.05, 0.1) is 23.4 Å². The van der Waals surface area contributed by atoms with E-state index in [9.17, 15) is 13.2 Å². The Kier molecular flexibility index (Phi) is 3.37. The van der Waals surface area contributed by atoms with Gasteiger partial charge in [0.25, 0.3) is 0 Å². The number of methoxy groups -OCH3 is 1. The molecule has 8 heteroatoms. The van der Waals surface area contributed by atoms with Crippen molar-refractivity contribution in [2.75, 3.05) is 19.0 Å². The molecule has 1 fully saturated rings. The minimum absolute atomic E-state index is 0.0822. The second kappa shape index (κ2) is 4.55. The molecule has 0 amide bonds. The van der Waals surface area contributed by atoms with Crippen molar-refractivity contribution in [3.05, 3.63) is 16.9 Å². The van der Waals surface area contributed by atoms with Crippen molar-refractivity contribution >= 4 is 17.5 Å². The molecule has 2 rings (SSSR count). The van der Waals surface area contributed by atoms with Crippen molar-refractivity contribution in [1.82, 2.24) is 9.97 Å². The van der Waals surface area contributed by atoms with Crippen LogP contribution in [0.1, 0.15) is 18.5 Å². The normalized spacial score (nSPS) is 17.6. The first kappa shape index (κ1) is 13.4. The molecule has 100 valence electrons. The van der Waals surface area contributed by atoms with Crippen LogP contribution in [0.5, 0.6) is 0 Å². The largest absolute Gasteiger partial charge is 0.435 e. The Bertz CT molecular complexity index is 448. The van der Waals surface area contributed by atoms with Crippen LogP contribution in [0.2, 0.25) is 5.02 Å². The molecule has 1 aliphatic carbocycles. The number of hydrogen-bond acceptors (Lipinski definition) is 4. The number of rotatable bonds is 4. The summed E-state index contributed by atoms with van der Waals surface area (Å²) in [6.07, 6.45) is -2.01. The number of anilines is 1. The molecule has 1 N–H and O–H groups in total. The molecule has 0 bridgehead atoms. The van der Waals surface area contributed by atoms with Gasteiger partial charge in [0.15, 0.2) is 5.69 Å². The van der Waals surface area contributed by atoms with Crippen molar-refractivity contribution in [2.24, 2.45) is 0 Å². The fourth-order valence-corrected chi connectivity index (χ4v) is 1.79. The Labute approximate surface area is 107 Å².